The van der Waals surface area contributed by atoms with E-state index in [-0.39, 0.29) is 17.7 Å². The first-order chi connectivity index (χ1) is 10.5. The third-order valence-electron chi connectivity index (χ3n) is 2.96. The predicted octanol–water partition coefficient (Wildman–Crippen LogP) is 3.60. The van der Waals surface area contributed by atoms with Gasteiger partial charge in [-0.3, -0.25) is 4.79 Å². The SMILES string of the molecule is C[C@@H](NC(=O)CSc1cccc[n+]1[O-])c1ccc(Cl)c(Cl)c1. The zero-order valence-corrected chi connectivity index (χ0v) is 14.1. The van der Waals surface area contributed by atoms with Crippen molar-refractivity contribution in [1.29, 1.82) is 0 Å². The smallest absolute Gasteiger partial charge is 0.251 e. The summed E-state index contributed by atoms with van der Waals surface area (Å²) in [6, 6.07) is 10.1. The van der Waals surface area contributed by atoms with Crippen molar-refractivity contribution in [2.45, 2.75) is 18.0 Å². The summed E-state index contributed by atoms with van der Waals surface area (Å²) in [4.78, 5) is 12.0. The maximum Gasteiger partial charge on any atom is 0.251 e. The summed E-state index contributed by atoms with van der Waals surface area (Å²) < 4.78 is 0.736. The maximum atomic E-state index is 12.0. The molecule has 1 aromatic carbocycles. The number of thioether (sulfide) groups is 1. The normalized spacial score (nSPS) is 12.0. The summed E-state index contributed by atoms with van der Waals surface area (Å²) in [7, 11) is 0. The number of aromatic nitrogens is 1. The minimum Gasteiger partial charge on any atom is -0.618 e. The van der Waals surface area contributed by atoms with Gasteiger partial charge in [0.05, 0.1) is 21.8 Å². The Bertz CT molecular complexity index is 682. The van der Waals surface area contributed by atoms with Gasteiger partial charge in [-0.15, -0.1) is 0 Å². The lowest BCUT2D eigenvalue weighted by molar-refractivity contribution is -0.645. The van der Waals surface area contributed by atoms with Crippen LogP contribution in [0.4, 0.5) is 0 Å². The highest BCUT2D eigenvalue weighted by Crippen LogP contribution is 2.25. The molecule has 1 atom stereocenters. The zero-order valence-electron chi connectivity index (χ0n) is 11.8. The number of nitrogens with one attached hydrogen (secondary N) is 1. The van der Waals surface area contributed by atoms with Gasteiger partial charge >= 0.3 is 0 Å². The Morgan fingerprint density at radius 2 is 2.09 bits per heavy atom. The van der Waals surface area contributed by atoms with Crippen molar-refractivity contribution < 1.29 is 9.52 Å². The molecule has 0 aliphatic carbocycles. The summed E-state index contributed by atoms with van der Waals surface area (Å²) in [5, 5.41) is 15.8. The van der Waals surface area contributed by atoms with Gasteiger partial charge < -0.3 is 10.5 Å². The van der Waals surface area contributed by atoms with Gasteiger partial charge in [0.25, 0.3) is 5.03 Å². The average Bonchev–Trinajstić information content (AvgIpc) is 2.49. The van der Waals surface area contributed by atoms with E-state index in [0.29, 0.717) is 15.1 Å². The Morgan fingerprint density at radius 1 is 1.32 bits per heavy atom. The van der Waals surface area contributed by atoms with Gasteiger partial charge in [-0.25, -0.2) is 0 Å². The molecule has 4 nitrogen and oxygen atoms in total. The number of halogens is 2. The van der Waals surface area contributed by atoms with Gasteiger partial charge in [-0.1, -0.05) is 29.3 Å². The highest BCUT2D eigenvalue weighted by Gasteiger charge is 2.13. The molecular formula is C15H14Cl2N2O2S. The van der Waals surface area contributed by atoms with Crippen molar-refractivity contribution in [2.75, 3.05) is 5.75 Å². The molecule has 0 saturated carbocycles. The van der Waals surface area contributed by atoms with E-state index >= 15 is 0 Å². The van der Waals surface area contributed by atoms with E-state index < -0.39 is 0 Å². The van der Waals surface area contributed by atoms with Crippen LogP contribution in [0.1, 0.15) is 18.5 Å². The number of rotatable bonds is 5. The molecule has 0 bridgehead atoms. The summed E-state index contributed by atoms with van der Waals surface area (Å²) in [5.41, 5.74) is 0.867. The van der Waals surface area contributed by atoms with Crippen molar-refractivity contribution in [3.8, 4) is 0 Å². The molecule has 0 unspecified atom stereocenters. The number of amides is 1. The summed E-state index contributed by atoms with van der Waals surface area (Å²) in [6.07, 6.45) is 1.40. The van der Waals surface area contributed by atoms with Gasteiger partial charge in [0.2, 0.25) is 5.91 Å². The number of benzene rings is 1. The van der Waals surface area contributed by atoms with Crippen LogP contribution in [-0.2, 0) is 4.79 Å². The van der Waals surface area contributed by atoms with Crippen molar-refractivity contribution in [2.24, 2.45) is 0 Å². The van der Waals surface area contributed by atoms with Crippen molar-refractivity contribution in [3.63, 3.8) is 0 Å². The topological polar surface area (TPSA) is 56.0 Å². The number of nitrogens with zero attached hydrogens (tertiary/aromatic N) is 1. The highest BCUT2D eigenvalue weighted by molar-refractivity contribution is 7.99. The van der Waals surface area contributed by atoms with E-state index in [1.807, 2.05) is 13.0 Å². The molecule has 1 aromatic heterocycles. The number of hydrogen-bond donors (Lipinski definition) is 1. The monoisotopic (exact) mass is 356 g/mol. The summed E-state index contributed by atoms with van der Waals surface area (Å²) in [6.45, 7) is 1.86. The van der Waals surface area contributed by atoms with Crippen molar-refractivity contribution in [3.05, 3.63) is 63.4 Å². The summed E-state index contributed by atoms with van der Waals surface area (Å²) >= 11 is 13.0. The molecule has 0 aliphatic heterocycles. The first-order valence-corrected chi connectivity index (χ1v) is 8.27. The fourth-order valence-electron chi connectivity index (χ4n) is 1.81. The lowest BCUT2D eigenvalue weighted by atomic mass is 10.1. The molecule has 1 amide bonds. The van der Waals surface area contributed by atoms with Crippen LogP contribution in [0.15, 0.2) is 47.6 Å². The van der Waals surface area contributed by atoms with Gasteiger partial charge in [0, 0.05) is 12.1 Å². The quantitative estimate of drug-likeness (QED) is 0.505. The van der Waals surface area contributed by atoms with Crippen molar-refractivity contribution in [1.82, 2.24) is 5.32 Å². The minimum absolute atomic E-state index is 0.160. The highest BCUT2D eigenvalue weighted by atomic mass is 35.5. The van der Waals surface area contributed by atoms with E-state index in [1.54, 1.807) is 30.3 Å². The van der Waals surface area contributed by atoms with Crippen LogP contribution in [0, 0.1) is 5.21 Å². The Labute approximate surface area is 143 Å². The Hall–Kier alpha value is -1.43. The van der Waals surface area contributed by atoms with Crippen LogP contribution in [0.5, 0.6) is 0 Å². The molecule has 116 valence electrons. The largest absolute Gasteiger partial charge is 0.618 e. The second-order valence-corrected chi connectivity index (χ2v) is 6.43. The molecule has 22 heavy (non-hydrogen) atoms. The van der Waals surface area contributed by atoms with Gasteiger partial charge in [0.1, 0.15) is 0 Å². The Balaban J connectivity index is 1.91. The molecule has 0 spiro atoms. The molecule has 1 heterocycles. The molecule has 0 fully saturated rings. The molecule has 7 heteroatoms. The van der Waals surface area contributed by atoms with E-state index in [9.17, 15) is 10.0 Å². The fourth-order valence-corrected chi connectivity index (χ4v) is 2.84. The fraction of sp³-hybridized carbons (Fsp3) is 0.200. The lowest BCUT2D eigenvalue weighted by Crippen LogP contribution is -2.31. The third-order valence-corrected chi connectivity index (χ3v) is 4.72. The molecule has 2 aromatic rings. The average molecular weight is 357 g/mol. The van der Waals surface area contributed by atoms with Gasteiger partial charge in [0.15, 0.2) is 6.20 Å². The predicted molar refractivity (Wildman–Crippen MR) is 89.1 cm³/mol. The molecular weight excluding hydrogens is 343 g/mol. The first-order valence-electron chi connectivity index (χ1n) is 6.52. The van der Waals surface area contributed by atoms with E-state index in [1.165, 1.54) is 18.0 Å². The number of hydrogen-bond acceptors (Lipinski definition) is 3. The number of carbonyl (C=O) groups is 1. The molecule has 1 N–H and O–H groups in total. The second kappa shape index (κ2) is 7.72. The van der Waals surface area contributed by atoms with Crippen LogP contribution in [0.3, 0.4) is 0 Å². The first kappa shape index (κ1) is 16.9. The second-order valence-electron chi connectivity index (χ2n) is 4.62. The standard InChI is InChI=1S/C15H14Cl2N2O2S/c1-10(11-5-6-12(16)13(17)8-11)18-14(20)9-22-15-4-2-3-7-19(15)21/h2-8,10H,9H2,1H3,(H,18,20)/t10-/m1/s1. The molecule has 0 aliphatic rings. The van der Waals surface area contributed by atoms with Crippen LogP contribution < -0.4 is 10.0 Å². The Morgan fingerprint density at radius 3 is 2.77 bits per heavy atom. The van der Waals surface area contributed by atoms with Gasteiger partial charge in [-0.2, -0.15) is 4.73 Å². The molecule has 0 radical (unpaired) electrons. The molecule has 0 saturated heterocycles. The van der Waals surface area contributed by atoms with Crippen LogP contribution in [0.2, 0.25) is 10.0 Å². The number of pyridine rings is 1. The van der Waals surface area contributed by atoms with Crippen LogP contribution in [0.25, 0.3) is 0 Å². The van der Waals surface area contributed by atoms with Crippen LogP contribution >= 0.6 is 35.0 Å². The van der Waals surface area contributed by atoms with E-state index in [4.69, 9.17) is 23.2 Å². The van der Waals surface area contributed by atoms with E-state index in [2.05, 4.69) is 5.32 Å². The molecule has 2 rings (SSSR count). The van der Waals surface area contributed by atoms with Crippen LogP contribution in [-0.4, -0.2) is 11.7 Å². The maximum absolute atomic E-state index is 12.0. The van der Waals surface area contributed by atoms with Crippen molar-refractivity contribution >= 4 is 40.9 Å². The third kappa shape index (κ3) is 4.53. The number of carbonyl (C=O) groups excluding carboxylic acids is 1. The zero-order chi connectivity index (χ0) is 16.1. The minimum atomic E-state index is -0.196. The lowest BCUT2D eigenvalue weighted by Gasteiger charge is -2.14. The van der Waals surface area contributed by atoms with Gasteiger partial charge in [-0.05, 0) is 42.4 Å². The Kier molecular flexibility index (Phi) is 5.94. The summed E-state index contributed by atoms with van der Waals surface area (Å²) in [5.74, 6) is 0.00481. The van der Waals surface area contributed by atoms with E-state index in [0.717, 1.165) is 10.3 Å².